The van der Waals surface area contributed by atoms with Crippen LogP contribution in [0.25, 0.3) is 0 Å². The minimum absolute atomic E-state index is 0.681. The van der Waals surface area contributed by atoms with Crippen molar-refractivity contribution in [2.24, 2.45) is 0 Å². The molecule has 0 aliphatic rings. The molecular formula is C7H14O6. The molecule has 6 nitrogen and oxygen atoms in total. The number of Topliss-reactive ketones (excluding diaryl/α,β-unsaturated/α-hetero) is 1. The molecule has 6 heteroatoms. The molecule has 0 saturated carbocycles. The summed E-state index contributed by atoms with van der Waals surface area (Å²) in [6, 6.07) is 0. The average Bonchev–Trinajstić information content (AvgIpc) is 2.17. The van der Waals surface area contributed by atoms with Crippen molar-refractivity contribution >= 4 is 5.78 Å². The predicted octanol–water partition coefficient (Wildman–Crippen LogP) is -2.72. The molecule has 0 rings (SSSR count). The van der Waals surface area contributed by atoms with E-state index < -0.39 is 37.3 Å². The molecule has 0 fully saturated rings. The molecule has 78 valence electrons. The van der Waals surface area contributed by atoms with E-state index in [1.165, 1.54) is 0 Å². The molecule has 0 aromatic heterocycles. The number of ketones is 1. The summed E-state index contributed by atoms with van der Waals surface area (Å²) in [6.45, 7) is -1.46. The molecule has 0 heterocycles. The molecule has 13 heavy (non-hydrogen) atoms. The van der Waals surface area contributed by atoms with Crippen LogP contribution in [0, 0.1) is 0 Å². The van der Waals surface area contributed by atoms with Crippen molar-refractivity contribution in [3.05, 3.63) is 0 Å². The number of methoxy groups -OCH3 is 1. The summed E-state index contributed by atoms with van der Waals surface area (Å²) in [4.78, 5) is 10.9. The molecule has 0 saturated heterocycles. The topological polar surface area (TPSA) is 107 Å². The van der Waals surface area contributed by atoms with Crippen LogP contribution in [0.1, 0.15) is 0 Å². The zero-order chi connectivity index (χ0) is 10.4. The lowest BCUT2D eigenvalue weighted by molar-refractivity contribution is -0.146. The van der Waals surface area contributed by atoms with E-state index >= 15 is 0 Å². The summed E-state index contributed by atoms with van der Waals surface area (Å²) in [5, 5.41) is 35.1. The highest BCUT2D eigenvalue weighted by molar-refractivity contribution is 5.84. The van der Waals surface area contributed by atoms with E-state index in [4.69, 9.17) is 15.3 Å². The van der Waals surface area contributed by atoms with E-state index in [9.17, 15) is 9.90 Å². The van der Waals surface area contributed by atoms with Crippen molar-refractivity contribution in [2.75, 3.05) is 20.3 Å². The Morgan fingerprint density at radius 3 is 2.23 bits per heavy atom. The third kappa shape index (κ3) is 3.37. The summed E-state index contributed by atoms with van der Waals surface area (Å²) >= 11 is 0. The van der Waals surface area contributed by atoms with Gasteiger partial charge in [-0.1, -0.05) is 0 Å². The third-order valence-corrected chi connectivity index (χ3v) is 1.62. The van der Waals surface area contributed by atoms with Gasteiger partial charge in [0.05, 0.1) is 6.61 Å². The Bertz CT molecular complexity index is 159. The van der Waals surface area contributed by atoms with Crippen LogP contribution in [0.3, 0.4) is 0 Å². The number of rotatable bonds is 6. The monoisotopic (exact) mass is 194 g/mol. The first-order valence-corrected chi connectivity index (χ1v) is 3.71. The number of carbonyl (C=O) groups excluding carboxylic acids is 1. The Hall–Kier alpha value is -0.530. The molecule has 0 radical (unpaired) electrons. The second-order valence-corrected chi connectivity index (χ2v) is 2.52. The standard InChI is InChI=1S/C7H14O6/c1-13-7(5(11)3-9)6(12)4(10)2-8/h4,6-10,12H,2-3H2,1H3/t4-,6-,7+/m1/s1. The molecule has 3 atom stereocenters. The molecule has 0 amide bonds. The number of carbonyl (C=O) groups is 1. The highest BCUT2D eigenvalue weighted by Gasteiger charge is 2.30. The van der Waals surface area contributed by atoms with Gasteiger partial charge in [-0.05, 0) is 0 Å². The normalized spacial score (nSPS) is 17.9. The fourth-order valence-electron chi connectivity index (χ4n) is 0.861. The highest BCUT2D eigenvalue weighted by atomic mass is 16.5. The van der Waals surface area contributed by atoms with Gasteiger partial charge >= 0.3 is 0 Å². The summed E-state index contributed by atoms with van der Waals surface area (Å²) in [5.41, 5.74) is 0. The maximum absolute atomic E-state index is 10.9. The molecule has 0 aliphatic carbocycles. The Labute approximate surface area is 75.4 Å². The number of hydrogen-bond acceptors (Lipinski definition) is 6. The van der Waals surface area contributed by atoms with Gasteiger partial charge in [-0.2, -0.15) is 0 Å². The van der Waals surface area contributed by atoms with Crippen LogP contribution < -0.4 is 0 Å². The predicted molar refractivity (Wildman–Crippen MR) is 42.0 cm³/mol. The van der Waals surface area contributed by atoms with E-state index in [2.05, 4.69) is 4.74 Å². The van der Waals surface area contributed by atoms with Gasteiger partial charge in [0.1, 0.15) is 24.9 Å². The quantitative estimate of drug-likeness (QED) is 0.366. The molecule has 0 spiro atoms. The Morgan fingerprint density at radius 1 is 1.38 bits per heavy atom. The second-order valence-electron chi connectivity index (χ2n) is 2.52. The fourth-order valence-corrected chi connectivity index (χ4v) is 0.861. The number of aliphatic hydroxyl groups excluding tert-OH is 4. The molecule has 0 aromatic rings. The Balaban J connectivity index is 4.30. The van der Waals surface area contributed by atoms with Crippen LogP contribution in [0.2, 0.25) is 0 Å². The van der Waals surface area contributed by atoms with Crippen molar-refractivity contribution in [3.8, 4) is 0 Å². The zero-order valence-electron chi connectivity index (χ0n) is 7.25. The van der Waals surface area contributed by atoms with Crippen LogP contribution >= 0.6 is 0 Å². The van der Waals surface area contributed by atoms with Crippen LogP contribution in [0.4, 0.5) is 0 Å². The van der Waals surface area contributed by atoms with E-state index in [1.807, 2.05) is 0 Å². The maximum Gasteiger partial charge on any atom is 0.189 e. The third-order valence-electron chi connectivity index (χ3n) is 1.62. The van der Waals surface area contributed by atoms with Crippen molar-refractivity contribution in [2.45, 2.75) is 18.3 Å². The number of hydrogen-bond donors (Lipinski definition) is 4. The van der Waals surface area contributed by atoms with Gasteiger partial charge in [-0.25, -0.2) is 0 Å². The van der Waals surface area contributed by atoms with Crippen LogP contribution in [0.5, 0.6) is 0 Å². The summed E-state index contributed by atoms with van der Waals surface area (Å²) in [7, 11) is 1.16. The smallest absolute Gasteiger partial charge is 0.189 e. The Kier molecular flexibility index (Phi) is 5.76. The van der Waals surface area contributed by atoms with Gasteiger partial charge < -0.3 is 25.2 Å². The highest BCUT2D eigenvalue weighted by Crippen LogP contribution is 2.04. The number of aliphatic hydroxyl groups is 4. The van der Waals surface area contributed by atoms with E-state index in [0.29, 0.717) is 0 Å². The van der Waals surface area contributed by atoms with Gasteiger partial charge in [0.2, 0.25) is 0 Å². The first-order valence-electron chi connectivity index (χ1n) is 3.71. The first-order chi connectivity index (χ1) is 6.08. The lowest BCUT2D eigenvalue weighted by Gasteiger charge is -2.22. The lowest BCUT2D eigenvalue weighted by Crippen LogP contribution is -2.45. The van der Waals surface area contributed by atoms with E-state index in [0.717, 1.165) is 7.11 Å². The fraction of sp³-hybridized carbons (Fsp3) is 0.857. The van der Waals surface area contributed by atoms with Gasteiger partial charge in [0.25, 0.3) is 0 Å². The van der Waals surface area contributed by atoms with Gasteiger partial charge in [0, 0.05) is 7.11 Å². The summed E-state index contributed by atoms with van der Waals surface area (Å²) in [6.07, 6.45) is -4.30. The van der Waals surface area contributed by atoms with Gasteiger partial charge in [-0.3, -0.25) is 4.79 Å². The summed E-state index contributed by atoms with van der Waals surface area (Å²) in [5.74, 6) is -0.748. The van der Waals surface area contributed by atoms with E-state index in [1.54, 1.807) is 0 Å². The molecule has 4 N–H and O–H groups in total. The van der Waals surface area contributed by atoms with Crippen LogP contribution in [-0.4, -0.2) is 64.8 Å². The molecule has 0 bridgehead atoms. The minimum atomic E-state index is -1.53. The molecular weight excluding hydrogens is 180 g/mol. The number of ether oxygens (including phenoxy) is 1. The van der Waals surface area contributed by atoms with E-state index in [-0.39, 0.29) is 0 Å². The van der Waals surface area contributed by atoms with Crippen LogP contribution in [-0.2, 0) is 9.53 Å². The van der Waals surface area contributed by atoms with Crippen LogP contribution in [0.15, 0.2) is 0 Å². The lowest BCUT2D eigenvalue weighted by atomic mass is 10.1. The van der Waals surface area contributed by atoms with Crippen molar-refractivity contribution in [3.63, 3.8) is 0 Å². The minimum Gasteiger partial charge on any atom is -0.394 e. The molecule has 0 unspecified atom stereocenters. The molecule has 0 aliphatic heterocycles. The van der Waals surface area contributed by atoms with Crippen molar-refractivity contribution in [1.29, 1.82) is 0 Å². The molecule has 0 aromatic carbocycles. The SMILES string of the molecule is CO[C@@H](C(=O)CO)[C@H](O)[C@H](O)CO. The maximum atomic E-state index is 10.9. The largest absolute Gasteiger partial charge is 0.394 e. The van der Waals surface area contributed by atoms with Crippen molar-refractivity contribution in [1.82, 2.24) is 0 Å². The zero-order valence-corrected chi connectivity index (χ0v) is 7.25. The summed E-state index contributed by atoms with van der Waals surface area (Å²) < 4.78 is 4.56. The van der Waals surface area contributed by atoms with Gasteiger partial charge in [-0.15, -0.1) is 0 Å². The second kappa shape index (κ2) is 6.01. The average molecular weight is 194 g/mol. The van der Waals surface area contributed by atoms with Crippen molar-refractivity contribution < 1.29 is 30.0 Å². The van der Waals surface area contributed by atoms with Gasteiger partial charge in [0.15, 0.2) is 5.78 Å². The Morgan fingerprint density at radius 2 is 1.92 bits per heavy atom. The first kappa shape index (κ1) is 12.5.